The van der Waals surface area contributed by atoms with Crippen LogP contribution in [0, 0.1) is 0 Å². The summed E-state index contributed by atoms with van der Waals surface area (Å²) in [4.78, 5) is 11.3. The number of fused-ring (bicyclic) bond motifs is 1. The molecule has 1 aromatic carbocycles. The van der Waals surface area contributed by atoms with Crippen LogP contribution in [0.15, 0.2) is 12.1 Å². The third-order valence-electron chi connectivity index (χ3n) is 3.46. The van der Waals surface area contributed by atoms with E-state index in [2.05, 4.69) is 10.6 Å². The quantitative estimate of drug-likeness (QED) is 0.690. The fraction of sp³-hybridized carbons (Fsp3) is 0.462. The number of benzene rings is 1. The second-order valence-corrected chi connectivity index (χ2v) is 4.85. The normalized spacial score (nSPS) is 22.4. The molecule has 0 spiro atoms. The van der Waals surface area contributed by atoms with Crippen LogP contribution in [0.5, 0.6) is 0 Å². The van der Waals surface area contributed by atoms with E-state index in [1.807, 2.05) is 12.1 Å². The van der Waals surface area contributed by atoms with Crippen molar-refractivity contribution >= 4 is 23.0 Å². The molecule has 2 heterocycles. The van der Waals surface area contributed by atoms with Gasteiger partial charge in [0.15, 0.2) is 0 Å². The highest BCUT2D eigenvalue weighted by Crippen LogP contribution is 2.31. The van der Waals surface area contributed by atoms with Crippen LogP contribution in [0.2, 0.25) is 0 Å². The Morgan fingerprint density at radius 2 is 2.28 bits per heavy atom. The molecular weight excluding hydrogens is 230 g/mol. The van der Waals surface area contributed by atoms with Crippen molar-refractivity contribution in [2.24, 2.45) is 0 Å². The molecule has 0 bridgehead atoms. The van der Waals surface area contributed by atoms with E-state index in [0.717, 1.165) is 43.0 Å². The first kappa shape index (κ1) is 11.3. The Hall–Kier alpha value is -1.75. The summed E-state index contributed by atoms with van der Waals surface area (Å²) < 4.78 is 5.34. The fourth-order valence-corrected chi connectivity index (χ4v) is 2.44. The first-order valence-corrected chi connectivity index (χ1v) is 6.29. The summed E-state index contributed by atoms with van der Waals surface area (Å²) in [6.45, 7) is 1.53. The summed E-state index contributed by atoms with van der Waals surface area (Å²) in [5, 5.41) is 6.26. The van der Waals surface area contributed by atoms with E-state index in [9.17, 15) is 4.79 Å². The third-order valence-corrected chi connectivity index (χ3v) is 3.46. The number of carbonyl (C=O) groups is 1. The fourth-order valence-electron chi connectivity index (χ4n) is 2.44. The number of rotatable bonds is 2. The van der Waals surface area contributed by atoms with E-state index < -0.39 is 0 Å². The third kappa shape index (κ3) is 2.13. The molecule has 1 atom stereocenters. The van der Waals surface area contributed by atoms with Gasteiger partial charge in [0.05, 0.1) is 24.0 Å². The number of nitrogens with one attached hydrogen (secondary N) is 2. The van der Waals surface area contributed by atoms with Gasteiger partial charge < -0.3 is 21.1 Å². The van der Waals surface area contributed by atoms with E-state index in [4.69, 9.17) is 10.5 Å². The molecule has 0 saturated carbocycles. The molecule has 2 aliphatic heterocycles. The van der Waals surface area contributed by atoms with E-state index >= 15 is 0 Å². The molecule has 5 heteroatoms. The van der Waals surface area contributed by atoms with Gasteiger partial charge in [0.1, 0.15) is 0 Å². The largest absolute Gasteiger partial charge is 0.397 e. The van der Waals surface area contributed by atoms with Crippen LogP contribution >= 0.6 is 0 Å². The van der Waals surface area contributed by atoms with Crippen LogP contribution < -0.4 is 16.4 Å². The predicted molar refractivity (Wildman–Crippen MR) is 70.7 cm³/mol. The Kier molecular flexibility index (Phi) is 2.83. The van der Waals surface area contributed by atoms with Gasteiger partial charge in [-0.1, -0.05) is 0 Å². The number of hydrogen-bond donors (Lipinski definition) is 3. The lowest BCUT2D eigenvalue weighted by molar-refractivity contribution is -0.116. The van der Waals surface area contributed by atoms with Crippen molar-refractivity contribution in [2.75, 3.05) is 29.6 Å². The summed E-state index contributed by atoms with van der Waals surface area (Å²) in [5.74, 6) is 0.0619. The Bertz CT molecular complexity index is 481. The molecule has 0 aromatic heterocycles. The molecule has 18 heavy (non-hydrogen) atoms. The maximum absolute atomic E-state index is 11.3. The number of hydrogen-bond acceptors (Lipinski definition) is 4. The van der Waals surface area contributed by atoms with Gasteiger partial charge in [0, 0.05) is 18.7 Å². The SMILES string of the molecule is Nc1cc2c(cc1NC1CCOC1)CCC(=O)N2. The van der Waals surface area contributed by atoms with Gasteiger partial charge in [-0.3, -0.25) is 4.79 Å². The Morgan fingerprint density at radius 3 is 3.06 bits per heavy atom. The van der Waals surface area contributed by atoms with Crippen LogP contribution in [-0.4, -0.2) is 25.2 Å². The van der Waals surface area contributed by atoms with Crippen molar-refractivity contribution < 1.29 is 9.53 Å². The molecule has 1 saturated heterocycles. The summed E-state index contributed by atoms with van der Waals surface area (Å²) in [5.41, 5.74) is 9.62. The van der Waals surface area contributed by atoms with E-state index in [0.29, 0.717) is 18.2 Å². The minimum absolute atomic E-state index is 0.0619. The van der Waals surface area contributed by atoms with Crippen LogP contribution in [0.25, 0.3) is 0 Å². The van der Waals surface area contributed by atoms with Crippen LogP contribution in [-0.2, 0) is 16.0 Å². The second-order valence-electron chi connectivity index (χ2n) is 4.85. The van der Waals surface area contributed by atoms with Gasteiger partial charge >= 0.3 is 0 Å². The lowest BCUT2D eigenvalue weighted by atomic mass is 10.0. The lowest BCUT2D eigenvalue weighted by Gasteiger charge is -2.21. The Balaban J connectivity index is 1.84. The summed E-state index contributed by atoms with van der Waals surface area (Å²) in [7, 11) is 0. The van der Waals surface area contributed by atoms with Gasteiger partial charge in [-0.25, -0.2) is 0 Å². The zero-order valence-corrected chi connectivity index (χ0v) is 10.2. The molecule has 5 nitrogen and oxygen atoms in total. The number of nitrogens with two attached hydrogens (primary N) is 1. The minimum atomic E-state index is 0.0619. The molecule has 96 valence electrons. The number of amides is 1. The van der Waals surface area contributed by atoms with E-state index in [1.165, 1.54) is 0 Å². The van der Waals surface area contributed by atoms with E-state index in [-0.39, 0.29) is 5.91 Å². The molecule has 1 amide bonds. The number of anilines is 3. The van der Waals surface area contributed by atoms with Crippen LogP contribution in [0.1, 0.15) is 18.4 Å². The summed E-state index contributed by atoms with van der Waals surface area (Å²) in [6.07, 6.45) is 2.33. The smallest absolute Gasteiger partial charge is 0.224 e. The molecule has 0 aliphatic carbocycles. The summed E-state index contributed by atoms with van der Waals surface area (Å²) in [6, 6.07) is 4.22. The van der Waals surface area contributed by atoms with Crippen molar-refractivity contribution in [3.05, 3.63) is 17.7 Å². The lowest BCUT2D eigenvalue weighted by Crippen LogP contribution is -2.22. The van der Waals surface area contributed by atoms with Crippen LogP contribution in [0.3, 0.4) is 0 Å². The molecule has 2 aliphatic rings. The monoisotopic (exact) mass is 247 g/mol. The Morgan fingerprint density at radius 1 is 1.39 bits per heavy atom. The first-order chi connectivity index (χ1) is 8.72. The number of ether oxygens (including phenoxy) is 1. The predicted octanol–water partition coefficient (Wildman–Crippen LogP) is 1.35. The average molecular weight is 247 g/mol. The molecule has 1 fully saturated rings. The Labute approximate surface area is 106 Å². The molecule has 0 radical (unpaired) electrons. The van der Waals surface area contributed by atoms with Gasteiger partial charge in [-0.05, 0) is 30.5 Å². The first-order valence-electron chi connectivity index (χ1n) is 6.29. The highest BCUT2D eigenvalue weighted by atomic mass is 16.5. The maximum Gasteiger partial charge on any atom is 0.224 e. The van der Waals surface area contributed by atoms with Crippen molar-refractivity contribution in [1.82, 2.24) is 0 Å². The molecule has 1 aromatic rings. The molecule has 4 N–H and O–H groups in total. The van der Waals surface area contributed by atoms with Crippen molar-refractivity contribution in [2.45, 2.75) is 25.3 Å². The van der Waals surface area contributed by atoms with Crippen molar-refractivity contribution in [3.8, 4) is 0 Å². The number of aryl methyl sites for hydroxylation is 1. The minimum Gasteiger partial charge on any atom is -0.397 e. The zero-order valence-electron chi connectivity index (χ0n) is 10.2. The topological polar surface area (TPSA) is 76.4 Å². The molecule has 1 unspecified atom stereocenters. The molecule has 3 rings (SSSR count). The number of carbonyl (C=O) groups excluding carboxylic acids is 1. The van der Waals surface area contributed by atoms with Gasteiger partial charge in [0.25, 0.3) is 0 Å². The van der Waals surface area contributed by atoms with Gasteiger partial charge in [-0.15, -0.1) is 0 Å². The molecular formula is C13H17N3O2. The van der Waals surface area contributed by atoms with Gasteiger partial charge in [0.2, 0.25) is 5.91 Å². The highest BCUT2D eigenvalue weighted by molar-refractivity contribution is 5.95. The maximum atomic E-state index is 11.3. The zero-order chi connectivity index (χ0) is 12.5. The standard InChI is InChI=1S/C13H17N3O2/c14-10-6-11-8(1-2-13(17)16-11)5-12(10)15-9-3-4-18-7-9/h5-6,9,15H,1-4,7,14H2,(H,16,17). The van der Waals surface area contributed by atoms with Gasteiger partial charge in [-0.2, -0.15) is 0 Å². The van der Waals surface area contributed by atoms with E-state index in [1.54, 1.807) is 0 Å². The second kappa shape index (κ2) is 4.49. The summed E-state index contributed by atoms with van der Waals surface area (Å²) >= 11 is 0. The number of nitrogen functional groups attached to an aromatic ring is 1. The van der Waals surface area contributed by atoms with Crippen molar-refractivity contribution in [1.29, 1.82) is 0 Å². The average Bonchev–Trinajstić information content (AvgIpc) is 2.83. The van der Waals surface area contributed by atoms with Crippen molar-refractivity contribution in [3.63, 3.8) is 0 Å². The van der Waals surface area contributed by atoms with Crippen LogP contribution in [0.4, 0.5) is 17.1 Å². The highest BCUT2D eigenvalue weighted by Gasteiger charge is 2.19.